The fourth-order valence-electron chi connectivity index (χ4n) is 7.37. The predicted molar refractivity (Wildman–Crippen MR) is 151 cm³/mol. The number of carboxylic acid groups (broad SMARTS) is 1. The molecule has 1 saturated heterocycles. The molecule has 3 heterocycles. The molecule has 10 nitrogen and oxygen atoms in total. The average molecular weight is 656 g/mol. The van der Waals surface area contributed by atoms with Crippen LogP contribution in [0.5, 0.6) is 5.75 Å². The van der Waals surface area contributed by atoms with Gasteiger partial charge < -0.3 is 19.6 Å². The highest BCUT2D eigenvalue weighted by Crippen LogP contribution is 2.54. The summed E-state index contributed by atoms with van der Waals surface area (Å²) >= 11 is 6.64. The molecular formula is C30H34ClF4N5O5. The first-order valence-corrected chi connectivity index (χ1v) is 15.5. The summed E-state index contributed by atoms with van der Waals surface area (Å²) in [5, 5.41) is 17.2. The van der Waals surface area contributed by atoms with E-state index in [1.165, 1.54) is 6.07 Å². The molecule has 0 unspecified atom stereocenters. The molecule has 45 heavy (non-hydrogen) atoms. The zero-order valence-electron chi connectivity index (χ0n) is 24.7. The lowest BCUT2D eigenvalue weighted by atomic mass is 9.66. The second-order valence-electron chi connectivity index (χ2n) is 12.9. The van der Waals surface area contributed by atoms with Crippen molar-refractivity contribution in [2.45, 2.75) is 83.9 Å². The minimum absolute atomic E-state index is 0.0465. The number of alkyl halides is 4. The Balaban J connectivity index is 1.38. The predicted octanol–water partition coefficient (Wildman–Crippen LogP) is 5.56. The van der Waals surface area contributed by atoms with E-state index in [-0.39, 0.29) is 40.8 Å². The molecular weight excluding hydrogens is 622 g/mol. The van der Waals surface area contributed by atoms with Crippen molar-refractivity contribution >= 4 is 29.4 Å². The van der Waals surface area contributed by atoms with Gasteiger partial charge in [0.2, 0.25) is 11.8 Å². The van der Waals surface area contributed by atoms with E-state index in [2.05, 4.69) is 10.3 Å². The van der Waals surface area contributed by atoms with Crippen LogP contribution in [0.15, 0.2) is 12.1 Å². The van der Waals surface area contributed by atoms with Gasteiger partial charge >= 0.3 is 12.5 Å². The summed E-state index contributed by atoms with van der Waals surface area (Å²) in [5.74, 6) is -2.05. The van der Waals surface area contributed by atoms with Gasteiger partial charge in [-0.25, -0.2) is 8.78 Å². The molecule has 2 amide bonds. The number of nitrogens with zero attached hydrogens (tertiary/aromatic N) is 5. The minimum Gasteiger partial charge on any atom is -0.487 e. The van der Waals surface area contributed by atoms with Crippen LogP contribution in [0, 0.1) is 16.7 Å². The van der Waals surface area contributed by atoms with Crippen molar-refractivity contribution in [2.75, 3.05) is 19.6 Å². The van der Waals surface area contributed by atoms with Gasteiger partial charge in [-0.05, 0) is 62.1 Å². The van der Waals surface area contributed by atoms with E-state index in [9.17, 15) is 37.1 Å². The van der Waals surface area contributed by atoms with E-state index >= 15 is 0 Å². The Morgan fingerprint density at radius 3 is 2.58 bits per heavy atom. The molecule has 1 aromatic heterocycles. The number of halogens is 5. The monoisotopic (exact) mass is 655 g/mol. The number of carboxylic acids is 1. The van der Waals surface area contributed by atoms with Crippen LogP contribution in [-0.2, 0) is 27.4 Å². The smallest absolute Gasteiger partial charge is 0.335 e. The van der Waals surface area contributed by atoms with Gasteiger partial charge in [0.05, 0.1) is 17.4 Å². The molecule has 6 rings (SSSR count). The quantitative estimate of drug-likeness (QED) is 0.352. The van der Waals surface area contributed by atoms with E-state index < -0.39 is 54.3 Å². The number of rotatable bonds is 9. The van der Waals surface area contributed by atoms with Crippen molar-refractivity contribution in [1.82, 2.24) is 24.8 Å². The summed E-state index contributed by atoms with van der Waals surface area (Å²) in [4.78, 5) is 43.3. The van der Waals surface area contributed by atoms with Gasteiger partial charge in [0.15, 0.2) is 0 Å². The van der Waals surface area contributed by atoms with E-state index in [4.69, 9.17) is 16.3 Å². The van der Waals surface area contributed by atoms with Crippen LogP contribution >= 0.6 is 11.6 Å². The lowest BCUT2D eigenvalue weighted by Crippen LogP contribution is -2.52. The Kier molecular flexibility index (Phi) is 8.23. The third-order valence-corrected chi connectivity index (χ3v) is 10.5. The van der Waals surface area contributed by atoms with Gasteiger partial charge in [-0.15, -0.1) is 5.10 Å². The Hall–Kier alpha value is -3.42. The SMILES string of the molecule is C[C@]1(C(=O)O)CCCC[C@H]1C(=O)N1CCc2c(Cl)ccc(OCc3nnn(C(F)F)c3C(F)F)c2[C@H]1CN1CC2(CC2)CC1=O. The minimum atomic E-state index is -3.33. The van der Waals surface area contributed by atoms with E-state index in [0.29, 0.717) is 61.2 Å². The van der Waals surface area contributed by atoms with Crippen molar-refractivity contribution in [3.05, 3.63) is 39.7 Å². The fraction of sp³-hybridized carbons (Fsp3) is 0.633. The normalized spacial score (nSPS) is 25.7. The van der Waals surface area contributed by atoms with Gasteiger partial charge in [0.25, 0.3) is 6.43 Å². The number of likely N-dealkylation sites (tertiary alicyclic amines) is 1. The highest BCUT2D eigenvalue weighted by Gasteiger charge is 2.54. The molecule has 4 aliphatic rings. The number of carbonyl (C=O) groups is 3. The molecule has 3 fully saturated rings. The molecule has 0 radical (unpaired) electrons. The van der Waals surface area contributed by atoms with Crippen LogP contribution in [0.2, 0.25) is 5.02 Å². The van der Waals surface area contributed by atoms with Crippen LogP contribution in [0.4, 0.5) is 17.6 Å². The molecule has 2 aliphatic heterocycles. The van der Waals surface area contributed by atoms with Crippen molar-refractivity contribution in [3.63, 3.8) is 0 Å². The maximum absolute atomic E-state index is 14.4. The summed E-state index contributed by atoms with van der Waals surface area (Å²) in [6, 6.07) is 2.30. The zero-order valence-corrected chi connectivity index (χ0v) is 25.4. The first-order valence-electron chi connectivity index (χ1n) is 15.1. The second-order valence-corrected chi connectivity index (χ2v) is 13.3. The number of aliphatic carboxylic acids is 1. The summed E-state index contributed by atoms with van der Waals surface area (Å²) in [6.07, 6.45) is 1.43. The van der Waals surface area contributed by atoms with Gasteiger partial charge in [-0.1, -0.05) is 29.7 Å². The number of amides is 2. The van der Waals surface area contributed by atoms with Crippen molar-refractivity contribution in [2.24, 2.45) is 16.7 Å². The summed E-state index contributed by atoms with van der Waals surface area (Å²) in [6.45, 7) is -1.49. The van der Waals surface area contributed by atoms with E-state index in [0.717, 1.165) is 12.8 Å². The molecule has 15 heteroatoms. The number of carbonyl (C=O) groups excluding carboxylic acids is 2. The number of hydrogen-bond acceptors (Lipinski definition) is 6. The van der Waals surface area contributed by atoms with Gasteiger partial charge in [0.1, 0.15) is 23.7 Å². The number of fused-ring (bicyclic) bond motifs is 1. The molecule has 3 atom stereocenters. The van der Waals surface area contributed by atoms with Crippen LogP contribution in [0.3, 0.4) is 0 Å². The highest BCUT2D eigenvalue weighted by atomic mass is 35.5. The Morgan fingerprint density at radius 1 is 1.18 bits per heavy atom. The Bertz CT molecular complexity index is 1520. The summed E-state index contributed by atoms with van der Waals surface area (Å²) in [5.41, 5.74) is -1.75. The Morgan fingerprint density at radius 2 is 1.93 bits per heavy atom. The zero-order chi connectivity index (χ0) is 32.3. The molecule has 1 N–H and O–H groups in total. The molecule has 1 spiro atoms. The maximum Gasteiger partial charge on any atom is 0.335 e. The van der Waals surface area contributed by atoms with E-state index in [1.54, 1.807) is 22.8 Å². The van der Waals surface area contributed by atoms with Gasteiger partial charge in [-0.2, -0.15) is 13.5 Å². The lowest BCUT2D eigenvalue weighted by Gasteiger charge is -2.45. The van der Waals surface area contributed by atoms with Gasteiger partial charge in [0, 0.05) is 36.6 Å². The number of ether oxygens (including phenoxy) is 1. The molecule has 244 valence electrons. The maximum atomic E-state index is 14.4. The largest absolute Gasteiger partial charge is 0.487 e. The van der Waals surface area contributed by atoms with Crippen LogP contribution < -0.4 is 4.74 Å². The molecule has 2 aliphatic carbocycles. The first-order chi connectivity index (χ1) is 21.3. The van der Waals surface area contributed by atoms with Crippen LogP contribution in [0.1, 0.15) is 93.4 Å². The standard InChI is InChI=1S/C30H34ClF4N5O5/c1-29(27(43)44)8-3-2-4-17(29)26(42)39-11-7-16-18(31)5-6-21(45-14-19-24(25(32)33)40(28(34)35)37-36-19)23(16)20(39)13-38-15-30(9-10-30)12-22(38)41/h5-6,17,20,25,28H,2-4,7-15H2,1H3,(H,43,44)/t17-,20+,29-/m0/s1. The second kappa shape index (κ2) is 11.7. The number of hydrogen-bond donors (Lipinski definition) is 1. The molecule has 2 aromatic rings. The summed E-state index contributed by atoms with van der Waals surface area (Å²) in [7, 11) is 0. The highest BCUT2D eigenvalue weighted by molar-refractivity contribution is 6.31. The van der Waals surface area contributed by atoms with Crippen LogP contribution in [0.25, 0.3) is 0 Å². The number of aromatic nitrogens is 3. The fourth-order valence-corrected chi connectivity index (χ4v) is 7.63. The van der Waals surface area contributed by atoms with Crippen molar-refractivity contribution < 1.29 is 41.8 Å². The van der Waals surface area contributed by atoms with E-state index in [1.807, 2.05) is 0 Å². The third kappa shape index (κ3) is 5.63. The average Bonchev–Trinajstić information content (AvgIpc) is 3.47. The molecule has 2 saturated carbocycles. The molecule has 0 bridgehead atoms. The first kappa shape index (κ1) is 31.6. The lowest BCUT2D eigenvalue weighted by molar-refractivity contribution is -0.162. The third-order valence-electron chi connectivity index (χ3n) is 10.2. The Labute approximate surface area is 261 Å². The van der Waals surface area contributed by atoms with Crippen molar-refractivity contribution in [1.29, 1.82) is 0 Å². The number of benzene rings is 1. The topological polar surface area (TPSA) is 118 Å². The van der Waals surface area contributed by atoms with Gasteiger partial charge in [-0.3, -0.25) is 14.4 Å². The van der Waals surface area contributed by atoms with Crippen LogP contribution in [-0.4, -0.2) is 67.3 Å². The molecule has 1 aromatic carbocycles. The summed E-state index contributed by atoms with van der Waals surface area (Å²) < 4.78 is 59.9. The van der Waals surface area contributed by atoms with Crippen molar-refractivity contribution in [3.8, 4) is 5.75 Å².